The average Bonchev–Trinajstić information content (AvgIpc) is 3.20. The Labute approximate surface area is 359 Å². The van der Waals surface area contributed by atoms with Crippen molar-refractivity contribution in [2.24, 2.45) is 0 Å². The number of carbonyl (C=O) groups excluding carboxylic acids is 2. The van der Waals surface area contributed by atoms with E-state index in [-0.39, 0.29) is 11.9 Å². The van der Waals surface area contributed by atoms with Crippen molar-refractivity contribution in [2.75, 3.05) is 26.3 Å². The fraction of sp³-hybridized carbons (Fsp3) is 0.961. The van der Waals surface area contributed by atoms with E-state index in [2.05, 4.69) is 105 Å². The van der Waals surface area contributed by atoms with Crippen LogP contribution in [0.1, 0.15) is 298 Å². The maximum absolute atomic E-state index is 10.1. The molecule has 1 N–H and O–H groups in total. The Kier molecular flexibility index (Phi) is 135. The monoisotopic (exact) mass is 808 g/mol. The zero-order valence-corrected chi connectivity index (χ0v) is 43.1. The van der Waals surface area contributed by atoms with E-state index in [1.54, 1.807) is 0 Å². The minimum Gasteiger partial charge on any atom is -0.466 e. The molecule has 0 aliphatic heterocycles. The first kappa shape index (κ1) is 75.7. The molecule has 0 aliphatic carbocycles. The standard InChI is InChI=1S/C10H22.C7H16.C6H12O2.C6H14.C5H13N.C5H10O2.2C5H12.C2H6/c1-3-5-7-9-10-8-6-4-2;1-3-5-7-6-4-2;1-3-4-5-8-6(2)7;2*1-3-5-6-4-2;1-3-4-7-5(2)6;2*1-3-5-4-2;1-2/h3-10H2,1-2H3;3-7H2,1-2H3;3-5H2,1-2H3;3-6H2,1-2H3;6H,3-5H2,1-2H3;3-4H2,1-2H3;2*3-5H2,1-2H3;1-2H3. The third-order valence-electron chi connectivity index (χ3n) is 7.52. The number of hydrogen-bond donors (Lipinski definition) is 1. The highest BCUT2D eigenvalue weighted by Gasteiger charge is 1.89. The smallest absolute Gasteiger partial charge is 0.302 e. The van der Waals surface area contributed by atoms with Gasteiger partial charge in [0.25, 0.3) is 0 Å². The van der Waals surface area contributed by atoms with Crippen LogP contribution in [0.25, 0.3) is 0 Å². The molecule has 0 spiro atoms. The summed E-state index contributed by atoms with van der Waals surface area (Å²) in [5.74, 6) is -0.375. The van der Waals surface area contributed by atoms with Gasteiger partial charge in [-0.1, -0.05) is 265 Å². The number of rotatable bonds is 26. The van der Waals surface area contributed by atoms with Crippen LogP contribution in [0, 0.1) is 0 Å². The van der Waals surface area contributed by atoms with E-state index in [1.165, 1.54) is 168 Å². The first-order valence-corrected chi connectivity index (χ1v) is 25.0. The van der Waals surface area contributed by atoms with Gasteiger partial charge < -0.3 is 14.8 Å². The zero-order valence-electron chi connectivity index (χ0n) is 43.1. The molecule has 350 valence electrons. The Bertz CT molecular complexity index is 490. The van der Waals surface area contributed by atoms with Gasteiger partial charge in [-0.3, -0.25) is 9.59 Å². The molecule has 5 heteroatoms. The van der Waals surface area contributed by atoms with Crippen LogP contribution in [-0.4, -0.2) is 38.2 Å². The van der Waals surface area contributed by atoms with Gasteiger partial charge in [0, 0.05) is 13.8 Å². The van der Waals surface area contributed by atoms with Gasteiger partial charge in [-0.15, -0.1) is 0 Å². The molecule has 5 nitrogen and oxygen atoms in total. The summed E-state index contributed by atoms with van der Waals surface area (Å²) in [6.07, 6.45) is 36.4. The summed E-state index contributed by atoms with van der Waals surface area (Å²) < 4.78 is 9.20. The summed E-state index contributed by atoms with van der Waals surface area (Å²) in [5, 5.41) is 3.20. The molecule has 0 aromatic carbocycles. The minimum atomic E-state index is -0.193. The Hall–Kier alpha value is -1.10. The summed E-state index contributed by atoms with van der Waals surface area (Å²) in [6, 6.07) is 0. The highest BCUT2D eigenvalue weighted by Crippen LogP contribution is 2.07. The molecule has 56 heavy (non-hydrogen) atoms. The molecule has 0 radical (unpaired) electrons. The Morgan fingerprint density at radius 2 is 0.571 bits per heavy atom. The van der Waals surface area contributed by atoms with Gasteiger partial charge in [-0.05, 0) is 32.4 Å². The largest absolute Gasteiger partial charge is 0.466 e. The normalized spacial score (nSPS) is 8.82. The molecule has 0 heterocycles. The van der Waals surface area contributed by atoms with E-state index in [9.17, 15) is 9.59 Å². The maximum atomic E-state index is 10.1. The second kappa shape index (κ2) is 99.7. The Balaban J connectivity index is -0.0000000646. The number of unbranched alkanes of at least 4 members (excludes halogenated alkanes) is 19. The minimum absolute atomic E-state index is 0.182. The summed E-state index contributed by atoms with van der Waals surface area (Å²) in [5.41, 5.74) is 0. The van der Waals surface area contributed by atoms with E-state index in [4.69, 9.17) is 0 Å². The van der Waals surface area contributed by atoms with Crippen LogP contribution in [0.15, 0.2) is 0 Å². The lowest BCUT2D eigenvalue weighted by Crippen LogP contribution is -2.12. The van der Waals surface area contributed by atoms with E-state index >= 15 is 0 Å². The number of carbonyl (C=O) groups is 2. The van der Waals surface area contributed by atoms with Gasteiger partial charge in [0.05, 0.1) is 13.2 Å². The molecular weight excluding hydrogens is 691 g/mol. The molecule has 0 unspecified atom stereocenters. The summed E-state index contributed by atoms with van der Waals surface area (Å²) in [6.45, 7) is 40.9. The number of hydrogen-bond acceptors (Lipinski definition) is 5. The van der Waals surface area contributed by atoms with Crippen LogP contribution in [0.5, 0.6) is 0 Å². The molecule has 0 saturated carbocycles. The highest BCUT2D eigenvalue weighted by atomic mass is 16.5. The van der Waals surface area contributed by atoms with Gasteiger partial charge in [-0.25, -0.2) is 0 Å². The second-order valence-electron chi connectivity index (χ2n) is 14.0. The fourth-order valence-electron chi connectivity index (χ4n) is 4.05. The predicted molar refractivity (Wildman–Crippen MR) is 262 cm³/mol. The molecule has 0 bridgehead atoms. The molecule has 0 atom stereocenters. The SMILES string of the molecule is CC.CCCCC.CCCCC.CCCCCC.CCCCCCC.CCCCCCCCCC.CCCCOC(C)=O.CCCNCC.CCCOC(C)=O. The van der Waals surface area contributed by atoms with Crippen LogP contribution in [-0.2, 0) is 19.1 Å². The van der Waals surface area contributed by atoms with Crippen molar-refractivity contribution in [3.8, 4) is 0 Å². The first-order valence-electron chi connectivity index (χ1n) is 25.0. The third kappa shape index (κ3) is 171. The molecule has 0 amide bonds. The molecule has 0 rings (SSSR count). The fourth-order valence-corrected chi connectivity index (χ4v) is 4.05. The lowest BCUT2D eigenvalue weighted by Gasteiger charge is -1.97. The topological polar surface area (TPSA) is 64.6 Å². The van der Waals surface area contributed by atoms with Crippen LogP contribution in [0.4, 0.5) is 0 Å². The first-order chi connectivity index (χ1) is 27.0. The second-order valence-corrected chi connectivity index (χ2v) is 14.0. The lowest BCUT2D eigenvalue weighted by atomic mass is 10.1. The Morgan fingerprint density at radius 3 is 0.750 bits per heavy atom. The van der Waals surface area contributed by atoms with Gasteiger partial charge in [0.2, 0.25) is 0 Å². The predicted octanol–water partition coefficient (Wildman–Crippen LogP) is 18.4. The number of ether oxygens (including phenoxy) is 2. The van der Waals surface area contributed by atoms with E-state index in [0.717, 1.165) is 32.4 Å². The van der Waals surface area contributed by atoms with Crippen molar-refractivity contribution < 1.29 is 19.1 Å². The summed E-state index contributed by atoms with van der Waals surface area (Å²) in [4.78, 5) is 20.1. The van der Waals surface area contributed by atoms with Crippen molar-refractivity contribution in [3.63, 3.8) is 0 Å². The van der Waals surface area contributed by atoms with Gasteiger partial charge in [0.1, 0.15) is 0 Å². The molecule has 0 fully saturated rings. The molecular formula is C51H117NO4. The van der Waals surface area contributed by atoms with E-state index in [1.807, 2.05) is 20.8 Å². The summed E-state index contributed by atoms with van der Waals surface area (Å²) >= 11 is 0. The zero-order chi connectivity index (χ0) is 45.2. The molecule has 0 aromatic heterocycles. The third-order valence-corrected chi connectivity index (χ3v) is 7.52. The quantitative estimate of drug-likeness (QED) is 0.0696. The maximum Gasteiger partial charge on any atom is 0.302 e. The molecule has 0 saturated heterocycles. The average molecular weight is 808 g/mol. The van der Waals surface area contributed by atoms with Gasteiger partial charge >= 0.3 is 11.9 Å². The van der Waals surface area contributed by atoms with Gasteiger partial charge in [0.15, 0.2) is 0 Å². The van der Waals surface area contributed by atoms with Crippen LogP contribution < -0.4 is 5.32 Å². The van der Waals surface area contributed by atoms with E-state index < -0.39 is 0 Å². The van der Waals surface area contributed by atoms with Gasteiger partial charge in [-0.2, -0.15) is 0 Å². The van der Waals surface area contributed by atoms with Crippen LogP contribution in [0.3, 0.4) is 0 Å². The van der Waals surface area contributed by atoms with Crippen molar-refractivity contribution in [1.82, 2.24) is 5.32 Å². The van der Waals surface area contributed by atoms with Crippen molar-refractivity contribution >= 4 is 11.9 Å². The van der Waals surface area contributed by atoms with Crippen LogP contribution >= 0.6 is 0 Å². The number of esters is 2. The number of nitrogens with one attached hydrogen (secondary N) is 1. The van der Waals surface area contributed by atoms with Crippen LogP contribution in [0.2, 0.25) is 0 Å². The molecule has 0 aromatic rings. The highest BCUT2D eigenvalue weighted by molar-refractivity contribution is 5.66. The summed E-state index contributed by atoms with van der Waals surface area (Å²) in [7, 11) is 0. The van der Waals surface area contributed by atoms with Crippen molar-refractivity contribution in [3.05, 3.63) is 0 Å². The van der Waals surface area contributed by atoms with Crippen molar-refractivity contribution in [2.45, 2.75) is 298 Å². The van der Waals surface area contributed by atoms with E-state index in [0.29, 0.717) is 13.2 Å². The lowest BCUT2D eigenvalue weighted by molar-refractivity contribution is -0.141. The Morgan fingerprint density at radius 1 is 0.321 bits per heavy atom. The van der Waals surface area contributed by atoms with Crippen molar-refractivity contribution in [1.29, 1.82) is 0 Å². The molecule has 0 aliphatic rings.